The molecule has 5 aromatic rings. The molecular formula is C20H13BrN2OS. The Hall–Kier alpha value is -2.37. The molecule has 0 saturated carbocycles. The second kappa shape index (κ2) is 5.58. The number of halogens is 1. The molecule has 0 radical (unpaired) electrons. The van der Waals surface area contributed by atoms with E-state index >= 15 is 0 Å². The normalized spacial score (nSPS) is 11.6. The van der Waals surface area contributed by atoms with Crippen molar-refractivity contribution in [1.29, 1.82) is 0 Å². The number of aryl methyl sites for hydroxylation is 1. The van der Waals surface area contributed by atoms with E-state index in [2.05, 4.69) is 63.0 Å². The molecule has 0 aliphatic carbocycles. The molecule has 0 atom stereocenters. The van der Waals surface area contributed by atoms with E-state index < -0.39 is 0 Å². The van der Waals surface area contributed by atoms with Crippen molar-refractivity contribution in [3.63, 3.8) is 0 Å². The van der Waals surface area contributed by atoms with Gasteiger partial charge in [-0.3, -0.25) is 4.40 Å². The van der Waals surface area contributed by atoms with E-state index in [4.69, 9.17) is 9.40 Å². The standard InChI is InChI=1S/C20H13BrN2OS/c1-12-2-4-13(5-3-12)17-11-25-20-22-16(10-23(17)20)19-9-14-8-15(21)6-7-18(14)24-19/h2-11H,1H3. The van der Waals surface area contributed by atoms with E-state index in [-0.39, 0.29) is 0 Å². The Kier molecular flexibility index (Phi) is 3.33. The molecule has 3 aromatic heterocycles. The summed E-state index contributed by atoms with van der Waals surface area (Å²) in [6.45, 7) is 2.10. The van der Waals surface area contributed by atoms with Crippen LogP contribution in [0.4, 0.5) is 0 Å². The molecule has 5 rings (SSSR count). The highest BCUT2D eigenvalue weighted by Gasteiger charge is 2.14. The summed E-state index contributed by atoms with van der Waals surface area (Å²) in [6, 6.07) is 16.6. The maximum absolute atomic E-state index is 5.98. The largest absolute Gasteiger partial charge is 0.454 e. The summed E-state index contributed by atoms with van der Waals surface area (Å²) < 4.78 is 9.15. The Balaban J connectivity index is 1.63. The van der Waals surface area contributed by atoms with Crippen molar-refractivity contribution in [2.45, 2.75) is 6.92 Å². The quantitative estimate of drug-likeness (QED) is 0.331. The third-order valence-electron chi connectivity index (χ3n) is 4.29. The number of benzene rings is 2. The zero-order valence-electron chi connectivity index (χ0n) is 13.4. The summed E-state index contributed by atoms with van der Waals surface area (Å²) in [5.41, 5.74) is 5.32. The summed E-state index contributed by atoms with van der Waals surface area (Å²) in [6.07, 6.45) is 2.05. The fourth-order valence-corrected chi connectivity index (χ4v) is 4.24. The molecule has 0 aliphatic heterocycles. The summed E-state index contributed by atoms with van der Waals surface area (Å²) >= 11 is 5.14. The first-order chi connectivity index (χ1) is 12.2. The van der Waals surface area contributed by atoms with Gasteiger partial charge < -0.3 is 4.42 Å². The number of aromatic nitrogens is 2. The minimum Gasteiger partial charge on any atom is -0.454 e. The van der Waals surface area contributed by atoms with Gasteiger partial charge in [-0.15, -0.1) is 11.3 Å². The van der Waals surface area contributed by atoms with Crippen LogP contribution >= 0.6 is 27.3 Å². The molecule has 5 heteroatoms. The summed E-state index contributed by atoms with van der Waals surface area (Å²) in [7, 11) is 0. The van der Waals surface area contributed by atoms with Gasteiger partial charge in [0.1, 0.15) is 11.3 Å². The molecule has 0 saturated heterocycles. The highest BCUT2D eigenvalue weighted by molar-refractivity contribution is 9.10. The Morgan fingerprint density at radius 2 is 1.92 bits per heavy atom. The minimum absolute atomic E-state index is 0.791. The summed E-state index contributed by atoms with van der Waals surface area (Å²) in [5.74, 6) is 0.791. The van der Waals surface area contributed by atoms with Crippen LogP contribution in [0.15, 0.2) is 69.0 Å². The van der Waals surface area contributed by atoms with Crippen molar-refractivity contribution in [3.8, 4) is 22.7 Å². The number of thiazole rings is 1. The molecular weight excluding hydrogens is 396 g/mol. The fourth-order valence-electron chi connectivity index (χ4n) is 2.97. The molecule has 2 aromatic carbocycles. The Morgan fingerprint density at radius 3 is 2.76 bits per heavy atom. The minimum atomic E-state index is 0.791. The van der Waals surface area contributed by atoms with Gasteiger partial charge in [0.2, 0.25) is 0 Å². The lowest BCUT2D eigenvalue weighted by molar-refractivity contribution is 0.629. The third-order valence-corrected chi connectivity index (χ3v) is 5.62. The molecule has 25 heavy (non-hydrogen) atoms. The number of nitrogens with zero attached hydrogens (tertiary/aromatic N) is 2. The van der Waals surface area contributed by atoms with Gasteiger partial charge in [0.25, 0.3) is 0 Å². The van der Waals surface area contributed by atoms with Gasteiger partial charge >= 0.3 is 0 Å². The Morgan fingerprint density at radius 1 is 1.08 bits per heavy atom. The highest BCUT2D eigenvalue weighted by Crippen LogP contribution is 2.32. The average molecular weight is 409 g/mol. The average Bonchev–Trinajstić information content (AvgIpc) is 3.28. The van der Waals surface area contributed by atoms with Crippen LogP contribution in [0.2, 0.25) is 0 Å². The molecule has 0 N–H and O–H groups in total. The lowest BCUT2D eigenvalue weighted by atomic mass is 10.1. The van der Waals surface area contributed by atoms with Crippen LogP contribution in [0.25, 0.3) is 38.6 Å². The maximum atomic E-state index is 5.98. The van der Waals surface area contributed by atoms with Gasteiger partial charge in [-0.25, -0.2) is 4.98 Å². The summed E-state index contributed by atoms with van der Waals surface area (Å²) in [5, 5.41) is 3.21. The zero-order chi connectivity index (χ0) is 17.0. The van der Waals surface area contributed by atoms with E-state index in [1.54, 1.807) is 11.3 Å². The first kappa shape index (κ1) is 14.9. The molecule has 0 aliphatic rings. The molecule has 0 unspecified atom stereocenters. The van der Waals surface area contributed by atoms with Gasteiger partial charge in [0, 0.05) is 21.4 Å². The van der Waals surface area contributed by atoms with Crippen molar-refractivity contribution in [2.75, 3.05) is 0 Å². The zero-order valence-corrected chi connectivity index (χ0v) is 15.8. The molecule has 122 valence electrons. The van der Waals surface area contributed by atoms with Crippen molar-refractivity contribution in [2.24, 2.45) is 0 Å². The Bertz CT molecular complexity index is 1210. The number of imidazole rings is 1. The van der Waals surface area contributed by atoms with Gasteiger partial charge in [-0.1, -0.05) is 45.8 Å². The van der Waals surface area contributed by atoms with Crippen LogP contribution in [0.3, 0.4) is 0 Å². The molecule has 3 nitrogen and oxygen atoms in total. The highest BCUT2D eigenvalue weighted by atomic mass is 79.9. The summed E-state index contributed by atoms with van der Waals surface area (Å²) in [4.78, 5) is 5.71. The second-order valence-electron chi connectivity index (χ2n) is 6.06. The van der Waals surface area contributed by atoms with E-state index in [1.807, 2.05) is 24.4 Å². The van der Waals surface area contributed by atoms with Crippen LogP contribution in [-0.2, 0) is 0 Å². The lowest BCUT2D eigenvalue weighted by Gasteiger charge is -2.00. The van der Waals surface area contributed by atoms with Gasteiger partial charge in [0.05, 0.1) is 5.69 Å². The topological polar surface area (TPSA) is 30.4 Å². The van der Waals surface area contributed by atoms with Gasteiger partial charge in [-0.2, -0.15) is 0 Å². The number of hydrogen-bond donors (Lipinski definition) is 0. The number of fused-ring (bicyclic) bond motifs is 2. The molecule has 3 heterocycles. The van der Waals surface area contributed by atoms with Crippen molar-refractivity contribution in [1.82, 2.24) is 9.38 Å². The van der Waals surface area contributed by atoms with E-state index in [1.165, 1.54) is 11.1 Å². The molecule has 0 fully saturated rings. The van der Waals surface area contributed by atoms with Crippen molar-refractivity contribution >= 4 is 43.2 Å². The number of furan rings is 1. The van der Waals surface area contributed by atoms with Crippen LogP contribution in [-0.4, -0.2) is 9.38 Å². The third kappa shape index (κ3) is 2.51. The predicted molar refractivity (Wildman–Crippen MR) is 106 cm³/mol. The second-order valence-corrected chi connectivity index (χ2v) is 7.81. The fraction of sp³-hybridized carbons (Fsp3) is 0.0500. The van der Waals surface area contributed by atoms with Crippen LogP contribution in [0.5, 0.6) is 0 Å². The molecule has 0 spiro atoms. The van der Waals surface area contributed by atoms with Gasteiger partial charge in [0.15, 0.2) is 10.7 Å². The smallest absolute Gasteiger partial charge is 0.194 e. The lowest BCUT2D eigenvalue weighted by Crippen LogP contribution is -1.83. The first-order valence-electron chi connectivity index (χ1n) is 7.90. The van der Waals surface area contributed by atoms with E-state index in [0.29, 0.717) is 0 Å². The SMILES string of the molecule is Cc1ccc(-c2csc3nc(-c4cc5cc(Br)ccc5o4)cn23)cc1. The van der Waals surface area contributed by atoms with E-state index in [9.17, 15) is 0 Å². The van der Waals surface area contributed by atoms with Crippen LogP contribution in [0.1, 0.15) is 5.56 Å². The van der Waals surface area contributed by atoms with Crippen molar-refractivity contribution in [3.05, 3.63) is 70.1 Å². The number of hydrogen-bond acceptors (Lipinski definition) is 3. The number of rotatable bonds is 2. The predicted octanol–water partition coefficient (Wildman–Crippen LogP) is 6.55. The first-order valence-corrected chi connectivity index (χ1v) is 9.58. The van der Waals surface area contributed by atoms with E-state index in [0.717, 1.165) is 37.6 Å². The van der Waals surface area contributed by atoms with Gasteiger partial charge in [-0.05, 0) is 36.8 Å². The van der Waals surface area contributed by atoms with Crippen LogP contribution < -0.4 is 0 Å². The maximum Gasteiger partial charge on any atom is 0.194 e. The monoisotopic (exact) mass is 408 g/mol. The molecule has 0 bridgehead atoms. The van der Waals surface area contributed by atoms with Crippen molar-refractivity contribution < 1.29 is 4.42 Å². The molecule has 0 amide bonds. The van der Waals surface area contributed by atoms with Crippen LogP contribution in [0, 0.1) is 6.92 Å². The Labute approximate surface area is 156 Å².